The second kappa shape index (κ2) is 7.35. The van der Waals surface area contributed by atoms with Gasteiger partial charge in [-0.3, -0.25) is 0 Å². The molecule has 0 bridgehead atoms. The molecule has 0 aromatic heterocycles. The number of aliphatic hydroxyl groups is 1. The van der Waals surface area contributed by atoms with E-state index in [0.717, 1.165) is 0 Å². The lowest BCUT2D eigenvalue weighted by Crippen LogP contribution is -2.05. The Hall–Kier alpha value is -2.24. The number of benzene rings is 2. The van der Waals surface area contributed by atoms with Crippen molar-refractivity contribution in [1.29, 1.82) is 0 Å². The number of rotatable bonds is 5. The highest BCUT2D eigenvalue weighted by atomic mass is 35.5. The molecule has 2 rings (SSSR count). The zero-order valence-electron chi connectivity index (χ0n) is 12.5. The standard InChI is InChI=1S/C17H17ClO5/c1-23-17(22)12-4-2-3-10(7-12)15(20)6-5-11-8-13(19)9-14(18)16(11)21/h2-4,7-9,15,19-21H,5-6H2,1H3. The summed E-state index contributed by atoms with van der Waals surface area (Å²) in [6.45, 7) is 0. The number of hydrogen-bond acceptors (Lipinski definition) is 5. The van der Waals surface area contributed by atoms with Crippen LogP contribution >= 0.6 is 11.6 Å². The summed E-state index contributed by atoms with van der Waals surface area (Å²) in [4.78, 5) is 11.5. The molecule has 0 radical (unpaired) electrons. The van der Waals surface area contributed by atoms with Gasteiger partial charge in [0.05, 0.1) is 23.8 Å². The predicted molar refractivity (Wildman–Crippen MR) is 85.8 cm³/mol. The largest absolute Gasteiger partial charge is 0.508 e. The van der Waals surface area contributed by atoms with Crippen LogP contribution < -0.4 is 0 Å². The second-order valence-corrected chi connectivity index (χ2v) is 5.51. The van der Waals surface area contributed by atoms with Crippen molar-refractivity contribution in [3.63, 3.8) is 0 Å². The van der Waals surface area contributed by atoms with Crippen molar-refractivity contribution >= 4 is 17.6 Å². The molecular weight excluding hydrogens is 320 g/mol. The predicted octanol–water partition coefficient (Wildman–Crippen LogP) is 3.20. The first-order chi connectivity index (χ1) is 10.9. The average molecular weight is 337 g/mol. The lowest BCUT2D eigenvalue weighted by atomic mass is 9.99. The molecule has 0 aliphatic rings. The number of carbonyl (C=O) groups is 1. The van der Waals surface area contributed by atoms with Crippen LogP contribution in [0.2, 0.25) is 5.02 Å². The first kappa shape index (κ1) is 17.1. The number of methoxy groups -OCH3 is 1. The number of aryl methyl sites for hydroxylation is 1. The van der Waals surface area contributed by atoms with Crippen molar-refractivity contribution in [2.45, 2.75) is 18.9 Å². The van der Waals surface area contributed by atoms with Gasteiger partial charge in [-0.25, -0.2) is 4.79 Å². The lowest BCUT2D eigenvalue weighted by molar-refractivity contribution is 0.0600. The summed E-state index contributed by atoms with van der Waals surface area (Å²) in [5.74, 6) is -0.638. The Morgan fingerprint density at radius 3 is 2.70 bits per heavy atom. The Morgan fingerprint density at radius 2 is 2.00 bits per heavy atom. The van der Waals surface area contributed by atoms with Gasteiger partial charge in [0.25, 0.3) is 0 Å². The molecule has 0 saturated heterocycles. The Kier molecular flexibility index (Phi) is 5.47. The molecule has 122 valence electrons. The Bertz CT molecular complexity index is 714. The highest BCUT2D eigenvalue weighted by molar-refractivity contribution is 6.32. The normalized spacial score (nSPS) is 12.0. The summed E-state index contributed by atoms with van der Waals surface area (Å²) in [6.07, 6.45) is -0.234. The third kappa shape index (κ3) is 4.15. The summed E-state index contributed by atoms with van der Waals surface area (Å²) in [7, 11) is 1.29. The van der Waals surface area contributed by atoms with Gasteiger partial charge in [-0.1, -0.05) is 23.7 Å². The van der Waals surface area contributed by atoms with Crippen LogP contribution in [0.15, 0.2) is 36.4 Å². The summed E-state index contributed by atoms with van der Waals surface area (Å²) in [5, 5.41) is 29.7. The van der Waals surface area contributed by atoms with E-state index in [2.05, 4.69) is 4.74 Å². The first-order valence-electron chi connectivity index (χ1n) is 6.99. The molecule has 0 aliphatic heterocycles. The molecule has 23 heavy (non-hydrogen) atoms. The molecule has 0 amide bonds. The highest BCUT2D eigenvalue weighted by Gasteiger charge is 2.14. The number of aromatic hydroxyl groups is 2. The molecular formula is C17H17ClO5. The van der Waals surface area contributed by atoms with Gasteiger partial charge in [-0.15, -0.1) is 0 Å². The van der Waals surface area contributed by atoms with Gasteiger partial charge < -0.3 is 20.1 Å². The Balaban J connectivity index is 2.11. The molecule has 2 aromatic carbocycles. The van der Waals surface area contributed by atoms with Crippen molar-refractivity contribution in [3.8, 4) is 11.5 Å². The van der Waals surface area contributed by atoms with Crippen LogP contribution in [-0.4, -0.2) is 28.4 Å². The van der Waals surface area contributed by atoms with Crippen LogP contribution in [0.1, 0.15) is 34.0 Å². The average Bonchev–Trinajstić information content (AvgIpc) is 2.55. The summed E-state index contributed by atoms with van der Waals surface area (Å²) < 4.78 is 4.65. The van der Waals surface area contributed by atoms with E-state index in [1.807, 2.05) is 0 Å². The topological polar surface area (TPSA) is 87.0 Å². The van der Waals surface area contributed by atoms with E-state index in [9.17, 15) is 20.1 Å². The third-order valence-corrected chi connectivity index (χ3v) is 3.79. The van der Waals surface area contributed by atoms with Crippen molar-refractivity contribution in [1.82, 2.24) is 0 Å². The monoisotopic (exact) mass is 336 g/mol. The molecule has 5 nitrogen and oxygen atoms in total. The Morgan fingerprint density at radius 1 is 1.26 bits per heavy atom. The molecule has 1 unspecified atom stereocenters. The minimum atomic E-state index is -0.833. The van der Waals surface area contributed by atoms with Crippen LogP contribution in [0.3, 0.4) is 0 Å². The van der Waals surface area contributed by atoms with Crippen LogP contribution in [0, 0.1) is 0 Å². The number of ether oxygens (including phenoxy) is 1. The maximum absolute atomic E-state index is 11.5. The van der Waals surface area contributed by atoms with Crippen molar-refractivity contribution in [2.75, 3.05) is 7.11 Å². The maximum atomic E-state index is 11.5. The smallest absolute Gasteiger partial charge is 0.337 e. The van der Waals surface area contributed by atoms with Gasteiger partial charge in [0.1, 0.15) is 11.5 Å². The summed E-state index contributed by atoms with van der Waals surface area (Å²) >= 11 is 5.80. The van der Waals surface area contributed by atoms with Gasteiger partial charge in [-0.2, -0.15) is 0 Å². The fraction of sp³-hybridized carbons (Fsp3) is 0.235. The number of esters is 1. The number of aliphatic hydroxyl groups excluding tert-OH is 1. The van der Waals surface area contributed by atoms with Crippen LogP contribution in [-0.2, 0) is 11.2 Å². The molecule has 0 fully saturated rings. The molecule has 0 heterocycles. The van der Waals surface area contributed by atoms with E-state index >= 15 is 0 Å². The number of halogens is 1. The number of phenols is 2. The molecule has 0 aliphatic carbocycles. The lowest BCUT2D eigenvalue weighted by Gasteiger charge is -2.13. The maximum Gasteiger partial charge on any atom is 0.337 e. The molecule has 0 saturated carbocycles. The van der Waals surface area contributed by atoms with E-state index in [-0.39, 0.29) is 22.9 Å². The minimum absolute atomic E-state index is 0.0509. The number of phenolic OH excluding ortho intramolecular Hbond substituents is 2. The van der Waals surface area contributed by atoms with E-state index in [0.29, 0.717) is 23.1 Å². The van der Waals surface area contributed by atoms with Crippen LogP contribution in [0.25, 0.3) is 0 Å². The van der Waals surface area contributed by atoms with Gasteiger partial charge >= 0.3 is 5.97 Å². The van der Waals surface area contributed by atoms with Crippen molar-refractivity contribution in [3.05, 3.63) is 58.1 Å². The van der Waals surface area contributed by atoms with E-state index in [1.54, 1.807) is 24.3 Å². The minimum Gasteiger partial charge on any atom is -0.508 e. The van der Waals surface area contributed by atoms with Gasteiger partial charge in [0.15, 0.2) is 0 Å². The van der Waals surface area contributed by atoms with Crippen LogP contribution in [0.5, 0.6) is 11.5 Å². The van der Waals surface area contributed by atoms with Crippen LogP contribution in [0.4, 0.5) is 0 Å². The number of carbonyl (C=O) groups excluding carboxylic acids is 1. The SMILES string of the molecule is COC(=O)c1cccc(C(O)CCc2cc(O)cc(Cl)c2O)c1. The second-order valence-electron chi connectivity index (χ2n) is 5.11. The van der Waals surface area contributed by atoms with Gasteiger partial charge in [0.2, 0.25) is 0 Å². The zero-order chi connectivity index (χ0) is 17.0. The highest BCUT2D eigenvalue weighted by Crippen LogP contribution is 2.33. The number of hydrogen-bond donors (Lipinski definition) is 3. The quantitative estimate of drug-likeness (QED) is 0.576. The van der Waals surface area contributed by atoms with E-state index < -0.39 is 12.1 Å². The molecule has 1 atom stereocenters. The zero-order valence-corrected chi connectivity index (χ0v) is 13.2. The van der Waals surface area contributed by atoms with Gasteiger partial charge in [-0.05, 0) is 42.2 Å². The summed E-state index contributed by atoms with van der Waals surface area (Å²) in [5.41, 5.74) is 1.36. The Labute approximate surface area is 138 Å². The van der Waals surface area contributed by atoms with E-state index in [4.69, 9.17) is 11.6 Å². The van der Waals surface area contributed by atoms with Crippen molar-refractivity contribution in [2.24, 2.45) is 0 Å². The molecule has 3 N–H and O–H groups in total. The van der Waals surface area contributed by atoms with Gasteiger partial charge in [0, 0.05) is 6.07 Å². The fourth-order valence-electron chi connectivity index (χ4n) is 2.28. The van der Waals surface area contributed by atoms with E-state index in [1.165, 1.54) is 19.2 Å². The van der Waals surface area contributed by atoms with Crippen molar-refractivity contribution < 1.29 is 24.9 Å². The molecule has 6 heteroatoms. The third-order valence-electron chi connectivity index (χ3n) is 3.51. The fourth-order valence-corrected chi connectivity index (χ4v) is 2.51. The summed E-state index contributed by atoms with van der Waals surface area (Å²) in [6, 6.07) is 9.17. The first-order valence-corrected chi connectivity index (χ1v) is 7.37. The molecule has 0 spiro atoms. The molecule has 2 aromatic rings.